The summed E-state index contributed by atoms with van der Waals surface area (Å²) in [7, 11) is 1.55. The fourth-order valence-corrected chi connectivity index (χ4v) is 2.56. The number of nitrogens with zero attached hydrogens (tertiary/aromatic N) is 2. The summed E-state index contributed by atoms with van der Waals surface area (Å²) in [5, 5.41) is 8.91. The molecule has 1 atom stereocenters. The van der Waals surface area contributed by atoms with Crippen LogP contribution < -0.4 is 0 Å². The van der Waals surface area contributed by atoms with E-state index in [1.54, 1.807) is 7.05 Å². The van der Waals surface area contributed by atoms with Gasteiger partial charge in [0.2, 0.25) is 11.8 Å². The van der Waals surface area contributed by atoms with Gasteiger partial charge in [-0.2, -0.15) is 0 Å². The van der Waals surface area contributed by atoms with Crippen LogP contribution >= 0.6 is 0 Å². The molecule has 1 N–H and O–H groups in total. The zero-order chi connectivity index (χ0) is 12.4. The van der Waals surface area contributed by atoms with Crippen LogP contribution in [-0.4, -0.2) is 59.0 Å². The van der Waals surface area contributed by atoms with Crippen LogP contribution in [0.3, 0.4) is 0 Å². The number of hydrogen-bond donors (Lipinski definition) is 1. The average molecular weight is 240 g/mol. The predicted molar refractivity (Wildman–Crippen MR) is 62.2 cm³/mol. The maximum atomic E-state index is 12.0. The Morgan fingerprint density at radius 2 is 2.12 bits per heavy atom. The zero-order valence-electron chi connectivity index (χ0n) is 10.3. The summed E-state index contributed by atoms with van der Waals surface area (Å²) >= 11 is 0. The lowest BCUT2D eigenvalue weighted by atomic mass is 9.90. The van der Waals surface area contributed by atoms with E-state index in [0.717, 1.165) is 12.8 Å². The molecule has 0 aromatic heterocycles. The molecule has 1 heterocycles. The molecule has 1 aliphatic carbocycles. The van der Waals surface area contributed by atoms with Crippen molar-refractivity contribution in [3.8, 4) is 0 Å². The van der Waals surface area contributed by atoms with Crippen LogP contribution in [-0.2, 0) is 9.59 Å². The molecule has 0 radical (unpaired) electrons. The highest BCUT2D eigenvalue weighted by Crippen LogP contribution is 2.30. The van der Waals surface area contributed by atoms with Crippen molar-refractivity contribution in [3.05, 3.63) is 0 Å². The summed E-state index contributed by atoms with van der Waals surface area (Å²) in [6.07, 6.45) is 4.38. The number of aliphatic hydroxyl groups is 1. The number of rotatable bonds is 5. The van der Waals surface area contributed by atoms with Crippen molar-refractivity contribution in [1.29, 1.82) is 0 Å². The molecule has 5 heteroatoms. The first-order valence-electron chi connectivity index (χ1n) is 6.32. The van der Waals surface area contributed by atoms with Crippen LogP contribution in [0.25, 0.3) is 0 Å². The van der Waals surface area contributed by atoms with Gasteiger partial charge in [-0.25, -0.2) is 0 Å². The van der Waals surface area contributed by atoms with E-state index in [1.165, 1.54) is 11.3 Å². The van der Waals surface area contributed by atoms with E-state index in [2.05, 4.69) is 4.90 Å². The summed E-state index contributed by atoms with van der Waals surface area (Å²) < 4.78 is 0. The van der Waals surface area contributed by atoms with Crippen molar-refractivity contribution < 1.29 is 14.7 Å². The van der Waals surface area contributed by atoms with E-state index in [1.807, 2.05) is 0 Å². The fourth-order valence-electron chi connectivity index (χ4n) is 2.56. The fraction of sp³-hybridized carbons (Fsp3) is 0.833. The molecule has 1 aliphatic heterocycles. The molecule has 0 spiro atoms. The lowest BCUT2D eigenvalue weighted by Gasteiger charge is -2.40. The molecule has 5 nitrogen and oxygen atoms in total. The van der Waals surface area contributed by atoms with Gasteiger partial charge in [-0.15, -0.1) is 0 Å². The summed E-state index contributed by atoms with van der Waals surface area (Å²) in [4.78, 5) is 26.9. The average Bonchev–Trinajstić information content (AvgIpc) is 2.49. The summed E-state index contributed by atoms with van der Waals surface area (Å²) in [6, 6.07) is 0.138. The first kappa shape index (κ1) is 12.5. The minimum Gasteiger partial charge on any atom is -0.396 e. The third-order valence-corrected chi connectivity index (χ3v) is 3.88. The lowest BCUT2D eigenvalue weighted by Crippen LogP contribution is -2.50. The van der Waals surface area contributed by atoms with Crippen molar-refractivity contribution in [2.75, 3.05) is 20.2 Å². The number of aliphatic hydroxyl groups excluding tert-OH is 1. The van der Waals surface area contributed by atoms with Crippen LogP contribution in [0.4, 0.5) is 0 Å². The smallest absolute Gasteiger partial charge is 0.246 e. The van der Waals surface area contributed by atoms with Gasteiger partial charge in [0.05, 0.1) is 12.5 Å². The van der Waals surface area contributed by atoms with E-state index in [-0.39, 0.29) is 24.5 Å². The Labute approximate surface area is 101 Å². The molecule has 1 saturated heterocycles. The topological polar surface area (TPSA) is 60.9 Å². The normalized spacial score (nSPS) is 25.8. The molecular formula is C12H20N2O3. The van der Waals surface area contributed by atoms with Gasteiger partial charge in [0.25, 0.3) is 0 Å². The maximum Gasteiger partial charge on any atom is 0.246 e. The zero-order valence-corrected chi connectivity index (χ0v) is 10.3. The minimum atomic E-state index is -0.288. The van der Waals surface area contributed by atoms with Crippen LogP contribution in [0.5, 0.6) is 0 Å². The molecule has 2 rings (SSSR count). The molecule has 0 aromatic carbocycles. The van der Waals surface area contributed by atoms with Crippen LogP contribution in [0.1, 0.15) is 32.1 Å². The summed E-state index contributed by atoms with van der Waals surface area (Å²) in [5.74, 6) is -0.173. The summed E-state index contributed by atoms with van der Waals surface area (Å²) in [6.45, 7) is 0.840. The van der Waals surface area contributed by atoms with Gasteiger partial charge in [-0.1, -0.05) is 6.42 Å². The van der Waals surface area contributed by atoms with Crippen LogP contribution in [0, 0.1) is 0 Å². The second-order valence-corrected chi connectivity index (χ2v) is 4.91. The third-order valence-electron chi connectivity index (χ3n) is 3.88. The Hall–Kier alpha value is -0.940. The number of likely N-dealkylation sites (tertiary alicyclic amines) is 1. The van der Waals surface area contributed by atoms with E-state index in [4.69, 9.17) is 5.11 Å². The van der Waals surface area contributed by atoms with Crippen LogP contribution in [0.15, 0.2) is 0 Å². The highest BCUT2D eigenvalue weighted by atomic mass is 16.3. The van der Waals surface area contributed by atoms with E-state index < -0.39 is 0 Å². The van der Waals surface area contributed by atoms with E-state index in [0.29, 0.717) is 25.4 Å². The Balaban J connectivity index is 2.04. The maximum absolute atomic E-state index is 12.0. The SMILES string of the molecule is CN1C(=O)CC(N(CCCO)C2CCC2)C1=O. The number of imide groups is 1. The van der Waals surface area contributed by atoms with Gasteiger partial charge >= 0.3 is 0 Å². The van der Waals surface area contributed by atoms with Gasteiger partial charge in [-0.05, 0) is 19.3 Å². The van der Waals surface area contributed by atoms with E-state index >= 15 is 0 Å². The van der Waals surface area contributed by atoms with Gasteiger partial charge < -0.3 is 5.11 Å². The number of likely N-dealkylation sites (N-methyl/N-ethyl adjacent to an activating group) is 1. The highest BCUT2D eigenvalue weighted by molar-refractivity contribution is 6.05. The van der Waals surface area contributed by atoms with Crippen molar-refractivity contribution in [1.82, 2.24) is 9.80 Å². The molecule has 1 saturated carbocycles. The number of hydrogen-bond acceptors (Lipinski definition) is 4. The molecule has 0 bridgehead atoms. The largest absolute Gasteiger partial charge is 0.396 e. The Morgan fingerprint density at radius 3 is 2.53 bits per heavy atom. The van der Waals surface area contributed by atoms with E-state index in [9.17, 15) is 9.59 Å². The molecular weight excluding hydrogens is 220 g/mol. The molecule has 2 aliphatic rings. The van der Waals surface area contributed by atoms with Gasteiger partial charge in [-0.3, -0.25) is 19.4 Å². The Kier molecular flexibility index (Phi) is 3.79. The second kappa shape index (κ2) is 5.14. The number of amides is 2. The van der Waals surface area contributed by atoms with Crippen molar-refractivity contribution in [2.24, 2.45) is 0 Å². The first-order chi connectivity index (χ1) is 8.15. The van der Waals surface area contributed by atoms with Gasteiger partial charge in [0.1, 0.15) is 0 Å². The molecule has 2 amide bonds. The highest BCUT2D eigenvalue weighted by Gasteiger charge is 2.42. The molecule has 17 heavy (non-hydrogen) atoms. The molecule has 2 fully saturated rings. The number of carbonyl (C=O) groups excluding carboxylic acids is 2. The van der Waals surface area contributed by atoms with Crippen LogP contribution in [0.2, 0.25) is 0 Å². The van der Waals surface area contributed by atoms with Crippen molar-refractivity contribution in [2.45, 2.75) is 44.2 Å². The van der Waals surface area contributed by atoms with Crippen molar-refractivity contribution >= 4 is 11.8 Å². The monoisotopic (exact) mass is 240 g/mol. The van der Waals surface area contributed by atoms with Gasteiger partial charge in [0, 0.05) is 26.2 Å². The Bertz CT molecular complexity index is 315. The molecule has 1 unspecified atom stereocenters. The summed E-state index contributed by atoms with van der Waals surface area (Å²) in [5.41, 5.74) is 0. The van der Waals surface area contributed by atoms with Crippen molar-refractivity contribution in [3.63, 3.8) is 0 Å². The quantitative estimate of drug-likeness (QED) is 0.686. The molecule has 0 aromatic rings. The molecule has 96 valence electrons. The van der Waals surface area contributed by atoms with Gasteiger partial charge in [0.15, 0.2) is 0 Å². The second-order valence-electron chi connectivity index (χ2n) is 4.91. The first-order valence-corrected chi connectivity index (χ1v) is 6.32. The third kappa shape index (κ3) is 2.35. The minimum absolute atomic E-state index is 0.0835. The standard InChI is InChI=1S/C12H20N2O3/c1-13-11(16)8-10(12(13)17)14(6-3-7-15)9-4-2-5-9/h9-10,15H,2-8H2,1H3. The predicted octanol–water partition coefficient (Wildman–Crippen LogP) is -0.0194. The lowest BCUT2D eigenvalue weighted by molar-refractivity contribution is -0.138. The Morgan fingerprint density at radius 1 is 1.41 bits per heavy atom. The number of carbonyl (C=O) groups is 2.